The third-order valence-electron chi connectivity index (χ3n) is 13.3. The number of rotatable bonds is 55. The molecule has 0 spiro atoms. The lowest BCUT2D eigenvalue weighted by atomic mass is 10.0. The van der Waals surface area contributed by atoms with Crippen LogP contribution in [-0.4, -0.2) is 34.9 Å². The Morgan fingerprint density at radius 2 is 0.608 bits per heavy atom. The topological polar surface area (TPSA) is 69.6 Å². The van der Waals surface area contributed by atoms with Gasteiger partial charge in [-0.1, -0.05) is 295 Å². The lowest BCUT2D eigenvalue weighted by Gasteiger charge is -2.19. The van der Waals surface area contributed by atoms with Crippen LogP contribution in [0.15, 0.2) is 146 Å². The van der Waals surface area contributed by atoms with Gasteiger partial charge in [-0.25, -0.2) is 0 Å². The molecule has 0 aromatic heterocycles. The molecule has 0 aliphatic rings. The van der Waals surface area contributed by atoms with Gasteiger partial charge >= 0.3 is 0 Å². The zero-order valence-electron chi connectivity index (χ0n) is 48.3. The molecule has 2 atom stereocenters. The molecule has 4 nitrogen and oxygen atoms in total. The van der Waals surface area contributed by atoms with Crippen LogP contribution in [0.4, 0.5) is 0 Å². The third-order valence-corrected chi connectivity index (χ3v) is 13.3. The third kappa shape index (κ3) is 59.2. The molecule has 3 N–H and O–H groups in total. The van der Waals surface area contributed by atoms with E-state index in [0.29, 0.717) is 6.42 Å². The average Bonchev–Trinajstić information content (AvgIpc) is 3.40. The van der Waals surface area contributed by atoms with Crippen molar-refractivity contribution in [1.29, 1.82) is 0 Å². The van der Waals surface area contributed by atoms with Gasteiger partial charge in [-0.2, -0.15) is 0 Å². The van der Waals surface area contributed by atoms with Crippen LogP contribution in [0.5, 0.6) is 0 Å². The Labute approximate surface area is 459 Å². The number of unbranched alkanes of at least 4 members (excludes halogenated alkanes) is 26. The minimum Gasteiger partial charge on any atom is -0.394 e. The molecule has 0 saturated carbocycles. The van der Waals surface area contributed by atoms with E-state index in [1.165, 1.54) is 141 Å². The Bertz CT molecular complexity index is 1530. The van der Waals surface area contributed by atoms with Gasteiger partial charge in [0.1, 0.15) is 0 Å². The lowest BCUT2D eigenvalue weighted by molar-refractivity contribution is -0.123. The molecule has 4 heteroatoms. The van der Waals surface area contributed by atoms with Crippen LogP contribution in [-0.2, 0) is 4.79 Å². The number of carbonyl (C=O) groups excluding carboxylic acids is 1. The number of hydrogen-bond donors (Lipinski definition) is 3. The number of allylic oxidation sites excluding steroid dienone is 23. The second-order valence-electron chi connectivity index (χ2n) is 20.4. The van der Waals surface area contributed by atoms with Gasteiger partial charge in [-0.05, 0) is 116 Å². The Hall–Kier alpha value is -3.73. The predicted molar refractivity (Wildman–Crippen MR) is 331 cm³/mol. The Morgan fingerprint density at radius 1 is 0.338 bits per heavy atom. The van der Waals surface area contributed by atoms with Crippen molar-refractivity contribution in [2.45, 2.75) is 283 Å². The minimum atomic E-state index is -0.887. The zero-order valence-corrected chi connectivity index (χ0v) is 48.3. The molecule has 0 fully saturated rings. The van der Waals surface area contributed by atoms with Crippen molar-refractivity contribution in [3.8, 4) is 0 Å². The molecule has 0 aromatic rings. The predicted octanol–water partition coefficient (Wildman–Crippen LogP) is 21.1. The first-order chi connectivity index (χ1) is 36.7. The van der Waals surface area contributed by atoms with Gasteiger partial charge in [0.05, 0.1) is 18.8 Å². The highest BCUT2D eigenvalue weighted by atomic mass is 16.3. The van der Waals surface area contributed by atoms with E-state index in [1.54, 1.807) is 6.08 Å². The molecule has 0 aliphatic carbocycles. The van der Waals surface area contributed by atoms with E-state index in [2.05, 4.69) is 153 Å². The summed E-state index contributed by atoms with van der Waals surface area (Å²) in [5, 5.41) is 23.2. The summed E-state index contributed by atoms with van der Waals surface area (Å²) < 4.78 is 0. The fourth-order valence-corrected chi connectivity index (χ4v) is 8.62. The fourth-order valence-electron chi connectivity index (χ4n) is 8.62. The van der Waals surface area contributed by atoms with E-state index in [4.69, 9.17) is 0 Å². The second-order valence-corrected chi connectivity index (χ2v) is 20.4. The number of aliphatic hydroxyl groups is 2. The van der Waals surface area contributed by atoms with Crippen LogP contribution in [0, 0.1) is 0 Å². The smallest absolute Gasteiger partial charge is 0.220 e. The average molecular weight is 1020 g/mol. The summed E-state index contributed by atoms with van der Waals surface area (Å²) in [4.78, 5) is 12.5. The molecular formula is C70H117NO3. The highest BCUT2D eigenvalue weighted by Crippen LogP contribution is 2.15. The first-order valence-corrected chi connectivity index (χ1v) is 31.0. The standard InChI is InChI=1S/C70H117NO3/c1-3-5-7-9-11-13-15-17-19-21-23-25-27-29-31-32-33-34-35-36-37-38-40-42-44-46-48-50-52-54-56-58-60-62-64-66-70(74)71-68(67-72)69(73)65-63-61-59-57-55-53-51-49-47-45-43-41-39-30-28-26-24-22-20-18-16-14-12-10-8-6-4-2/h5,7,11,13,17,19,23,25,29,31,33-34,36-37,40,42,46-49,55,57,63,65,68-69,72-73H,3-4,6,8-10,12,14-16,18,20-22,24,26-28,30,32,35,38-39,41,43-45,50-54,56,58-62,64,66-67H2,1-2H3,(H,71,74)/b7-5-,13-11-,19-17-,25-23-,31-29-,34-33-,37-36-,42-40-,48-46-,49-47+,57-55+,65-63+. The number of amides is 1. The van der Waals surface area contributed by atoms with Gasteiger partial charge in [0, 0.05) is 6.42 Å². The van der Waals surface area contributed by atoms with Gasteiger partial charge in [0.15, 0.2) is 0 Å². The molecule has 1 amide bonds. The molecule has 0 saturated heterocycles. The van der Waals surface area contributed by atoms with Crippen molar-refractivity contribution >= 4 is 5.91 Å². The highest BCUT2D eigenvalue weighted by molar-refractivity contribution is 5.76. The maximum atomic E-state index is 12.5. The van der Waals surface area contributed by atoms with Crippen molar-refractivity contribution in [1.82, 2.24) is 5.32 Å². The van der Waals surface area contributed by atoms with E-state index < -0.39 is 12.1 Å². The summed E-state index contributed by atoms with van der Waals surface area (Å²) in [6, 6.07) is -0.664. The number of nitrogens with one attached hydrogen (secondary N) is 1. The summed E-state index contributed by atoms with van der Waals surface area (Å²) in [6.07, 6.45) is 100. The summed E-state index contributed by atoms with van der Waals surface area (Å²) in [5.74, 6) is -0.0938. The van der Waals surface area contributed by atoms with Crippen molar-refractivity contribution in [3.05, 3.63) is 146 Å². The zero-order chi connectivity index (χ0) is 53.4. The van der Waals surface area contributed by atoms with Crippen LogP contribution in [0.25, 0.3) is 0 Å². The first-order valence-electron chi connectivity index (χ1n) is 31.0. The van der Waals surface area contributed by atoms with Gasteiger partial charge in [0.2, 0.25) is 5.91 Å². The molecule has 420 valence electrons. The van der Waals surface area contributed by atoms with Crippen LogP contribution in [0.2, 0.25) is 0 Å². The Balaban J connectivity index is 3.66. The SMILES string of the molecule is CC/C=C\C/C=C\C/C=C\C/C=C\C/C=C\C/C=C\C/C=C\C/C=C\C/C=C\CCCCCCCCCC(=O)NC(CO)C(O)/C=C/CC/C=C/CC/C=C/CCCCCCCCCCCCCCCCCCC. The Morgan fingerprint density at radius 3 is 0.946 bits per heavy atom. The Kier molecular flexibility index (Phi) is 60.4. The van der Waals surface area contributed by atoms with Gasteiger partial charge < -0.3 is 15.5 Å². The van der Waals surface area contributed by atoms with Crippen LogP contribution < -0.4 is 5.32 Å². The maximum Gasteiger partial charge on any atom is 0.220 e. The number of aliphatic hydroxyl groups excluding tert-OH is 2. The van der Waals surface area contributed by atoms with Crippen LogP contribution >= 0.6 is 0 Å². The van der Waals surface area contributed by atoms with E-state index in [1.807, 2.05) is 6.08 Å². The summed E-state index contributed by atoms with van der Waals surface area (Å²) >= 11 is 0. The molecule has 2 unspecified atom stereocenters. The lowest BCUT2D eigenvalue weighted by Crippen LogP contribution is -2.45. The van der Waals surface area contributed by atoms with Crippen LogP contribution in [0.1, 0.15) is 271 Å². The van der Waals surface area contributed by atoms with E-state index in [-0.39, 0.29) is 12.5 Å². The summed E-state index contributed by atoms with van der Waals surface area (Å²) in [5.41, 5.74) is 0. The maximum absolute atomic E-state index is 12.5. The molecule has 0 heterocycles. The monoisotopic (exact) mass is 1020 g/mol. The molecular weight excluding hydrogens is 903 g/mol. The second kappa shape index (κ2) is 63.6. The fraction of sp³-hybridized carbons (Fsp3) is 0.643. The number of carbonyl (C=O) groups is 1. The summed E-state index contributed by atoms with van der Waals surface area (Å²) in [6.45, 7) is 4.18. The summed E-state index contributed by atoms with van der Waals surface area (Å²) in [7, 11) is 0. The van der Waals surface area contributed by atoms with Gasteiger partial charge in [-0.3, -0.25) is 4.79 Å². The molecule has 0 radical (unpaired) electrons. The number of hydrogen-bond acceptors (Lipinski definition) is 3. The van der Waals surface area contributed by atoms with Crippen molar-refractivity contribution < 1.29 is 15.0 Å². The van der Waals surface area contributed by atoms with E-state index in [0.717, 1.165) is 109 Å². The largest absolute Gasteiger partial charge is 0.394 e. The molecule has 0 aliphatic heterocycles. The molecule has 0 rings (SSSR count). The molecule has 0 aromatic carbocycles. The highest BCUT2D eigenvalue weighted by Gasteiger charge is 2.18. The van der Waals surface area contributed by atoms with Crippen LogP contribution in [0.3, 0.4) is 0 Å². The molecule has 0 bridgehead atoms. The normalized spacial score (nSPS) is 13.8. The quantitative estimate of drug-likeness (QED) is 0.0420. The van der Waals surface area contributed by atoms with Crippen molar-refractivity contribution in [2.24, 2.45) is 0 Å². The first kappa shape index (κ1) is 70.3. The van der Waals surface area contributed by atoms with Crippen molar-refractivity contribution in [2.75, 3.05) is 6.61 Å². The molecule has 74 heavy (non-hydrogen) atoms. The van der Waals surface area contributed by atoms with Crippen molar-refractivity contribution in [3.63, 3.8) is 0 Å². The van der Waals surface area contributed by atoms with Gasteiger partial charge in [-0.15, -0.1) is 0 Å². The van der Waals surface area contributed by atoms with Gasteiger partial charge in [0.25, 0.3) is 0 Å². The minimum absolute atomic E-state index is 0.0938. The van der Waals surface area contributed by atoms with E-state index in [9.17, 15) is 15.0 Å². The van der Waals surface area contributed by atoms with E-state index >= 15 is 0 Å².